The predicted molar refractivity (Wildman–Crippen MR) is 76.8 cm³/mol. The molecular formula is C15H15NO3S. The molecule has 0 spiro atoms. The molecule has 1 atom stereocenters. The van der Waals surface area contributed by atoms with Gasteiger partial charge in [0.15, 0.2) is 5.72 Å². The number of nitrogens with zero attached hydrogens (tertiary/aromatic N) is 1. The lowest BCUT2D eigenvalue weighted by Crippen LogP contribution is -2.40. The van der Waals surface area contributed by atoms with Gasteiger partial charge in [0.25, 0.3) is 5.91 Å². The maximum absolute atomic E-state index is 12.6. The second-order valence-electron chi connectivity index (χ2n) is 4.87. The van der Waals surface area contributed by atoms with E-state index in [1.165, 1.54) is 12.0 Å². The van der Waals surface area contributed by atoms with Crippen molar-refractivity contribution in [1.82, 2.24) is 4.90 Å². The summed E-state index contributed by atoms with van der Waals surface area (Å²) in [5.41, 5.74) is -0.264. The maximum Gasteiger partial charge on any atom is 0.260 e. The zero-order valence-electron chi connectivity index (χ0n) is 11.3. The van der Waals surface area contributed by atoms with Crippen molar-refractivity contribution in [3.63, 3.8) is 0 Å². The summed E-state index contributed by atoms with van der Waals surface area (Å²) < 4.78 is 5.25. The van der Waals surface area contributed by atoms with E-state index in [2.05, 4.69) is 0 Å². The summed E-state index contributed by atoms with van der Waals surface area (Å²) in [6.45, 7) is 2.03. The van der Waals surface area contributed by atoms with E-state index < -0.39 is 5.72 Å². The van der Waals surface area contributed by atoms with Crippen LogP contribution in [0.4, 0.5) is 0 Å². The van der Waals surface area contributed by atoms with E-state index in [9.17, 15) is 9.90 Å². The number of methoxy groups -OCH3 is 1. The van der Waals surface area contributed by atoms with Gasteiger partial charge in [0, 0.05) is 10.4 Å². The van der Waals surface area contributed by atoms with Gasteiger partial charge in [-0.3, -0.25) is 4.79 Å². The molecule has 5 heteroatoms. The summed E-state index contributed by atoms with van der Waals surface area (Å²) >= 11 is 1.56. The van der Waals surface area contributed by atoms with Crippen molar-refractivity contribution in [1.29, 1.82) is 0 Å². The van der Waals surface area contributed by atoms with Crippen LogP contribution in [-0.4, -0.2) is 23.0 Å². The first-order valence-corrected chi connectivity index (χ1v) is 7.18. The zero-order chi connectivity index (χ0) is 14.3. The number of ether oxygens (including phenoxy) is 1. The van der Waals surface area contributed by atoms with Gasteiger partial charge >= 0.3 is 0 Å². The van der Waals surface area contributed by atoms with Crippen LogP contribution in [0.3, 0.4) is 0 Å². The quantitative estimate of drug-likeness (QED) is 0.945. The van der Waals surface area contributed by atoms with Gasteiger partial charge in [0.2, 0.25) is 0 Å². The molecule has 20 heavy (non-hydrogen) atoms. The van der Waals surface area contributed by atoms with Crippen molar-refractivity contribution < 1.29 is 14.6 Å². The molecule has 1 unspecified atom stereocenters. The van der Waals surface area contributed by atoms with Gasteiger partial charge < -0.3 is 14.7 Å². The van der Waals surface area contributed by atoms with Crippen LogP contribution in [0.5, 0.6) is 5.75 Å². The second kappa shape index (κ2) is 4.61. The molecule has 0 saturated carbocycles. The number of carbonyl (C=O) groups excluding carboxylic acids is 1. The molecule has 2 heterocycles. The molecule has 4 nitrogen and oxygen atoms in total. The van der Waals surface area contributed by atoms with Crippen molar-refractivity contribution in [3.05, 3.63) is 51.7 Å². The van der Waals surface area contributed by atoms with E-state index in [1.54, 1.807) is 36.5 Å². The largest absolute Gasteiger partial charge is 0.496 e. The van der Waals surface area contributed by atoms with E-state index in [1.807, 2.05) is 17.5 Å². The Labute approximate surface area is 121 Å². The minimum atomic E-state index is -1.31. The zero-order valence-corrected chi connectivity index (χ0v) is 12.1. The van der Waals surface area contributed by atoms with Gasteiger partial charge in [-0.2, -0.15) is 0 Å². The van der Waals surface area contributed by atoms with Crippen LogP contribution in [0.1, 0.15) is 27.7 Å². The summed E-state index contributed by atoms with van der Waals surface area (Å²) in [7, 11) is 1.53. The van der Waals surface area contributed by atoms with Crippen molar-refractivity contribution >= 4 is 17.2 Å². The molecule has 0 bridgehead atoms. The van der Waals surface area contributed by atoms with Crippen molar-refractivity contribution in [2.24, 2.45) is 0 Å². The Balaban J connectivity index is 2.06. The number of thiophene rings is 1. The summed E-state index contributed by atoms with van der Waals surface area (Å²) in [6, 6.07) is 9.18. The highest BCUT2D eigenvalue weighted by atomic mass is 32.1. The standard InChI is InChI=1S/C15H15NO3S/c1-15(18)11-6-3-7-12(19-2)13(11)14(17)16(15)9-10-5-4-8-20-10/h3-8,18H,9H2,1-2H3. The fourth-order valence-electron chi connectivity index (χ4n) is 2.58. The Morgan fingerprint density at radius 1 is 1.35 bits per heavy atom. The van der Waals surface area contributed by atoms with Crippen LogP contribution >= 0.6 is 11.3 Å². The Morgan fingerprint density at radius 2 is 2.15 bits per heavy atom. The van der Waals surface area contributed by atoms with E-state index >= 15 is 0 Å². The Morgan fingerprint density at radius 3 is 2.80 bits per heavy atom. The van der Waals surface area contributed by atoms with Gasteiger partial charge in [-0.15, -0.1) is 11.3 Å². The Kier molecular flexibility index (Phi) is 3.03. The van der Waals surface area contributed by atoms with Crippen molar-refractivity contribution in [2.75, 3.05) is 7.11 Å². The van der Waals surface area contributed by atoms with Gasteiger partial charge in [-0.25, -0.2) is 0 Å². The first-order chi connectivity index (χ1) is 9.55. The molecule has 1 N–H and O–H groups in total. The average molecular weight is 289 g/mol. The molecular weight excluding hydrogens is 274 g/mol. The molecule has 2 aromatic rings. The second-order valence-corrected chi connectivity index (χ2v) is 5.91. The first kappa shape index (κ1) is 13.1. The normalized spacial score (nSPS) is 21.1. The molecule has 1 aromatic carbocycles. The molecule has 1 aliphatic rings. The number of hydrogen-bond donors (Lipinski definition) is 1. The Hall–Kier alpha value is -1.85. The smallest absolute Gasteiger partial charge is 0.260 e. The van der Waals surface area contributed by atoms with Crippen LogP contribution in [0.25, 0.3) is 0 Å². The van der Waals surface area contributed by atoms with Crippen LogP contribution in [0, 0.1) is 0 Å². The molecule has 3 rings (SSSR count). The number of benzene rings is 1. The summed E-state index contributed by atoms with van der Waals surface area (Å²) in [5, 5.41) is 12.7. The number of rotatable bonds is 3. The van der Waals surface area contributed by atoms with E-state index in [4.69, 9.17) is 4.74 Å². The van der Waals surface area contributed by atoms with Crippen LogP contribution in [-0.2, 0) is 12.3 Å². The van der Waals surface area contributed by atoms with E-state index in [-0.39, 0.29) is 5.91 Å². The molecule has 0 aliphatic carbocycles. The predicted octanol–water partition coefficient (Wildman–Crippen LogP) is 2.58. The highest BCUT2D eigenvalue weighted by Gasteiger charge is 2.46. The van der Waals surface area contributed by atoms with E-state index in [0.29, 0.717) is 23.4 Å². The topological polar surface area (TPSA) is 49.8 Å². The molecule has 104 valence electrons. The van der Waals surface area contributed by atoms with Gasteiger partial charge in [-0.1, -0.05) is 18.2 Å². The number of hydrogen-bond acceptors (Lipinski definition) is 4. The third kappa shape index (κ3) is 1.82. The third-order valence-corrected chi connectivity index (χ3v) is 4.50. The number of amides is 1. The lowest BCUT2D eigenvalue weighted by atomic mass is 10.0. The summed E-state index contributed by atoms with van der Waals surface area (Å²) in [5.74, 6) is 0.303. The lowest BCUT2D eigenvalue weighted by Gasteiger charge is -2.30. The number of aliphatic hydroxyl groups is 1. The van der Waals surface area contributed by atoms with Gasteiger partial charge in [0.05, 0.1) is 19.2 Å². The van der Waals surface area contributed by atoms with E-state index in [0.717, 1.165) is 4.88 Å². The summed E-state index contributed by atoms with van der Waals surface area (Å²) in [4.78, 5) is 15.1. The van der Waals surface area contributed by atoms with Crippen molar-refractivity contribution in [3.8, 4) is 5.75 Å². The van der Waals surface area contributed by atoms with Crippen LogP contribution in [0.15, 0.2) is 35.7 Å². The molecule has 0 fully saturated rings. The SMILES string of the molecule is COc1cccc2c1C(=O)N(Cc1cccs1)C2(C)O. The monoisotopic (exact) mass is 289 g/mol. The summed E-state index contributed by atoms with van der Waals surface area (Å²) in [6.07, 6.45) is 0. The molecule has 0 radical (unpaired) electrons. The molecule has 1 aliphatic heterocycles. The minimum absolute atomic E-state index is 0.198. The first-order valence-electron chi connectivity index (χ1n) is 6.30. The molecule has 1 amide bonds. The van der Waals surface area contributed by atoms with Gasteiger partial charge in [0.1, 0.15) is 5.75 Å². The van der Waals surface area contributed by atoms with Crippen LogP contribution in [0.2, 0.25) is 0 Å². The third-order valence-electron chi connectivity index (χ3n) is 3.64. The van der Waals surface area contributed by atoms with Crippen molar-refractivity contribution in [2.45, 2.75) is 19.2 Å². The van der Waals surface area contributed by atoms with Crippen LogP contribution < -0.4 is 4.74 Å². The molecule has 0 saturated heterocycles. The number of fused-ring (bicyclic) bond motifs is 1. The number of carbonyl (C=O) groups is 1. The fourth-order valence-corrected chi connectivity index (χ4v) is 3.27. The minimum Gasteiger partial charge on any atom is -0.496 e. The average Bonchev–Trinajstić information content (AvgIpc) is 3.01. The van der Waals surface area contributed by atoms with Gasteiger partial charge in [-0.05, 0) is 24.4 Å². The highest BCUT2D eigenvalue weighted by molar-refractivity contribution is 7.09. The highest BCUT2D eigenvalue weighted by Crippen LogP contribution is 2.42. The maximum atomic E-state index is 12.6. The molecule has 1 aromatic heterocycles. The fraction of sp³-hybridized carbons (Fsp3) is 0.267. The Bertz CT molecular complexity index is 649. The lowest BCUT2D eigenvalue weighted by molar-refractivity contribution is -0.0723.